The van der Waals surface area contributed by atoms with Crippen molar-refractivity contribution < 1.29 is 18.3 Å². The van der Waals surface area contributed by atoms with Gasteiger partial charge in [0.1, 0.15) is 5.75 Å². The number of para-hydroxylation sites is 1. The van der Waals surface area contributed by atoms with Crippen LogP contribution in [-0.4, -0.2) is 25.1 Å². The smallest absolute Gasteiger partial charge is 0.387 e. The van der Waals surface area contributed by atoms with E-state index < -0.39 is 6.61 Å². The number of alkyl halides is 2. The monoisotopic (exact) mass is 362 g/mol. The Balaban J connectivity index is 0.00000288. The van der Waals surface area contributed by atoms with Gasteiger partial charge in [0.05, 0.1) is 6.42 Å². The first-order valence-electron chi connectivity index (χ1n) is 8.12. The summed E-state index contributed by atoms with van der Waals surface area (Å²) in [5.74, 6) is 0.237. The molecular weight excluding hydrogens is 338 g/mol. The van der Waals surface area contributed by atoms with Crippen LogP contribution in [0.1, 0.15) is 37.7 Å². The van der Waals surface area contributed by atoms with E-state index >= 15 is 0 Å². The molecule has 1 aromatic rings. The Bertz CT molecular complexity index is 511. The van der Waals surface area contributed by atoms with Gasteiger partial charge in [-0.3, -0.25) is 4.79 Å². The van der Waals surface area contributed by atoms with E-state index in [4.69, 9.17) is 5.73 Å². The molecule has 1 saturated carbocycles. The van der Waals surface area contributed by atoms with Crippen molar-refractivity contribution in [3.63, 3.8) is 0 Å². The van der Waals surface area contributed by atoms with Crippen molar-refractivity contribution in [3.8, 4) is 5.75 Å². The molecule has 0 saturated heterocycles. The van der Waals surface area contributed by atoms with Crippen molar-refractivity contribution in [1.29, 1.82) is 0 Å². The molecule has 0 aromatic heterocycles. The van der Waals surface area contributed by atoms with E-state index in [9.17, 15) is 13.6 Å². The van der Waals surface area contributed by atoms with Gasteiger partial charge in [0.25, 0.3) is 0 Å². The summed E-state index contributed by atoms with van der Waals surface area (Å²) in [4.78, 5) is 12.3. The second kappa shape index (κ2) is 10.5. The number of nitrogens with one attached hydrogen (secondary N) is 1. The van der Waals surface area contributed by atoms with Crippen LogP contribution in [-0.2, 0) is 11.2 Å². The molecular formula is C17H25ClF2N2O2. The third-order valence-electron chi connectivity index (χ3n) is 4.36. The van der Waals surface area contributed by atoms with E-state index in [1.54, 1.807) is 18.2 Å². The minimum Gasteiger partial charge on any atom is -0.435 e. The van der Waals surface area contributed by atoms with E-state index in [1.165, 1.54) is 25.3 Å². The molecule has 24 heavy (non-hydrogen) atoms. The number of amides is 1. The van der Waals surface area contributed by atoms with E-state index in [1.807, 2.05) is 0 Å². The molecule has 136 valence electrons. The number of hydrogen-bond acceptors (Lipinski definition) is 3. The molecule has 1 aromatic carbocycles. The fraction of sp³-hybridized carbons (Fsp3) is 0.588. The maximum atomic E-state index is 12.4. The molecule has 4 nitrogen and oxygen atoms in total. The second-order valence-corrected chi connectivity index (χ2v) is 5.97. The highest BCUT2D eigenvalue weighted by atomic mass is 35.5. The van der Waals surface area contributed by atoms with E-state index in [2.05, 4.69) is 10.1 Å². The Kier molecular flexibility index (Phi) is 9.00. The lowest BCUT2D eigenvalue weighted by molar-refractivity contribution is -0.121. The Labute approximate surface area is 147 Å². The summed E-state index contributed by atoms with van der Waals surface area (Å²) in [6.07, 6.45) is 5.73. The lowest BCUT2D eigenvalue weighted by Gasteiger charge is -2.30. The fourth-order valence-electron chi connectivity index (χ4n) is 3.20. The van der Waals surface area contributed by atoms with Crippen LogP contribution < -0.4 is 15.8 Å². The molecule has 1 aliphatic rings. The molecule has 1 fully saturated rings. The summed E-state index contributed by atoms with van der Waals surface area (Å²) < 4.78 is 29.3. The summed E-state index contributed by atoms with van der Waals surface area (Å²) >= 11 is 0. The van der Waals surface area contributed by atoms with Crippen molar-refractivity contribution in [3.05, 3.63) is 29.8 Å². The number of carbonyl (C=O) groups excluding carboxylic acids is 1. The van der Waals surface area contributed by atoms with Gasteiger partial charge in [0, 0.05) is 18.2 Å². The zero-order valence-corrected chi connectivity index (χ0v) is 14.4. The average Bonchev–Trinajstić information content (AvgIpc) is 2.55. The molecule has 7 heteroatoms. The molecule has 0 spiro atoms. The predicted molar refractivity (Wildman–Crippen MR) is 91.6 cm³/mol. The zero-order valence-electron chi connectivity index (χ0n) is 13.5. The van der Waals surface area contributed by atoms with Gasteiger partial charge in [-0.05, 0) is 24.8 Å². The van der Waals surface area contributed by atoms with Crippen molar-refractivity contribution in [2.45, 2.75) is 51.2 Å². The Morgan fingerprint density at radius 3 is 2.54 bits per heavy atom. The van der Waals surface area contributed by atoms with Gasteiger partial charge in [0.15, 0.2) is 0 Å². The molecule has 0 bridgehead atoms. The minimum absolute atomic E-state index is 0. The Morgan fingerprint density at radius 2 is 1.92 bits per heavy atom. The minimum atomic E-state index is -2.90. The second-order valence-electron chi connectivity index (χ2n) is 5.97. The van der Waals surface area contributed by atoms with Gasteiger partial charge in [0.2, 0.25) is 5.91 Å². The number of carbonyl (C=O) groups is 1. The zero-order chi connectivity index (χ0) is 16.7. The van der Waals surface area contributed by atoms with Crippen LogP contribution >= 0.6 is 12.4 Å². The lowest BCUT2D eigenvalue weighted by atomic mass is 9.84. The first-order chi connectivity index (χ1) is 11.1. The number of rotatable bonds is 7. The van der Waals surface area contributed by atoms with E-state index in [0.717, 1.165) is 12.8 Å². The fourth-order valence-corrected chi connectivity index (χ4v) is 3.20. The van der Waals surface area contributed by atoms with Crippen LogP contribution in [0.3, 0.4) is 0 Å². The Morgan fingerprint density at radius 1 is 1.25 bits per heavy atom. The molecule has 2 rings (SSSR count). The van der Waals surface area contributed by atoms with E-state index in [-0.39, 0.29) is 36.5 Å². The summed E-state index contributed by atoms with van der Waals surface area (Å²) in [5.41, 5.74) is 6.25. The highest BCUT2D eigenvalue weighted by Crippen LogP contribution is 2.26. The van der Waals surface area contributed by atoms with Crippen LogP contribution in [0.4, 0.5) is 8.78 Å². The third-order valence-corrected chi connectivity index (χ3v) is 4.36. The number of ether oxygens (including phenoxy) is 1. The third kappa shape index (κ3) is 6.24. The summed E-state index contributed by atoms with van der Waals surface area (Å²) in [7, 11) is 0. The van der Waals surface area contributed by atoms with Crippen LogP contribution in [0.15, 0.2) is 24.3 Å². The number of halogens is 3. The number of hydrogen-bond donors (Lipinski definition) is 2. The van der Waals surface area contributed by atoms with Crippen molar-refractivity contribution in [2.24, 2.45) is 11.7 Å². The van der Waals surface area contributed by atoms with Crippen LogP contribution in [0.25, 0.3) is 0 Å². The van der Waals surface area contributed by atoms with Gasteiger partial charge < -0.3 is 15.8 Å². The predicted octanol–water partition coefficient (Wildman–Crippen LogP) is 3.28. The topological polar surface area (TPSA) is 64.3 Å². The van der Waals surface area contributed by atoms with Crippen LogP contribution in [0, 0.1) is 5.92 Å². The molecule has 1 amide bonds. The highest BCUT2D eigenvalue weighted by molar-refractivity contribution is 5.85. The van der Waals surface area contributed by atoms with Gasteiger partial charge in [-0.25, -0.2) is 0 Å². The maximum absolute atomic E-state index is 12.4. The standard InChI is InChI=1S/C17H24F2N2O2.ClH/c18-17(19)23-15-9-5-4-8-13(15)10-16(22)21-14(11-20)12-6-2-1-3-7-12;/h4-5,8-9,12,14,17H,1-3,6-7,10-11,20H2,(H,21,22);1H. The van der Waals surface area contributed by atoms with E-state index in [0.29, 0.717) is 18.0 Å². The molecule has 1 aliphatic carbocycles. The van der Waals surface area contributed by atoms with Gasteiger partial charge in [-0.1, -0.05) is 37.5 Å². The largest absolute Gasteiger partial charge is 0.435 e. The first-order valence-corrected chi connectivity index (χ1v) is 8.12. The maximum Gasteiger partial charge on any atom is 0.387 e. The Hall–Kier alpha value is -1.40. The molecule has 0 radical (unpaired) electrons. The van der Waals surface area contributed by atoms with Gasteiger partial charge in [-0.15, -0.1) is 12.4 Å². The molecule has 1 unspecified atom stereocenters. The number of benzene rings is 1. The quantitative estimate of drug-likeness (QED) is 0.782. The number of nitrogens with two attached hydrogens (primary N) is 1. The molecule has 0 aliphatic heterocycles. The van der Waals surface area contributed by atoms with Crippen LogP contribution in [0.5, 0.6) is 5.75 Å². The van der Waals surface area contributed by atoms with Crippen molar-refractivity contribution in [1.82, 2.24) is 5.32 Å². The van der Waals surface area contributed by atoms with Crippen molar-refractivity contribution >= 4 is 18.3 Å². The van der Waals surface area contributed by atoms with Gasteiger partial charge >= 0.3 is 6.61 Å². The van der Waals surface area contributed by atoms with Crippen molar-refractivity contribution in [2.75, 3.05) is 6.54 Å². The lowest BCUT2D eigenvalue weighted by Crippen LogP contribution is -2.46. The molecule has 1 atom stereocenters. The highest BCUT2D eigenvalue weighted by Gasteiger charge is 2.24. The van der Waals surface area contributed by atoms with Crippen LogP contribution in [0.2, 0.25) is 0 Å². The summed E-state index contributed by atoms with van der Waals surface area (Å²) in [6, 6.07) is 6.31. The molecule has 0 heterocycles. The van der Waals surface area contributed by atoms with Gasteiger partial charge in [-0.2, -0.15) is 8.78 Å². The average molecular weight is 363 g/mol. The summed E-state index contributed by atoms with van der Waals surface area (Å²) in [6.45, 7) is -2.51. The summed E-state index contributed by atoms with van der Waals surface area (Å²) in [5, 5.41) is 2.96. The molecule has 3 N–H and O–H groups in total. The first kappa shape index (κ1) is 20.6. The SMILES string of the molecule is Cl.NCC(NC(=O)Cc1ccccc1OC(F)F)C1CCCCC1. The normalized spacial score (nSPS) is 16.3.